The highest BCUT2D eigenvalue weighted by atomic mass is 16.3. The number of hydrogen-bond donors (Lipinski definition) is 4. The molecule has 0 saturated heterocycles. The first-order valence-electron chi connectivity index (χ1n) is 13.8. The lowest BCUT2D eigenvalue weighted by Gasteiger charge is -2.65. The minimum atomic E-state index is -1.16. The standard InChI is InChI=1S/C29H50O4/c1-7-28(32,18(2)3)15-10-19(4)22-8-9-23-21-16-25(31)29(33)17-20(30)11-14-27(29,6)24(21)12-13-26(22,23)5/h7,18-25,30-33H,1,8-17H2,2-6H3/t19-,20+,21?,22?,23?,24?,25+,26-,27-,28+,29+/m1/s1. The fourth-order valence-electron chi connectivity index (χ4n) is 9.52. The highest BCUT2D eigenvalue weighted by Crippen LogP contribution is 2.69. The van der Waals surface area contributed by atoms with Gasteiger partial charge < -0.3 is 20.4 Å². The maximum absolute atomic E-state index is 11.6. The molecule has 0 heterocycles. The van der Waals surface area contributed by atoms with Crippen LogP contribution < -0.4 is 0 Å². The molecule has 4 fully saturated rings. The van der Waals surface area contributed by atoms with Crippen LogP contribution in [0.2, 0.25) is 0 Å². The predicted molar refractivity (Wildman–Crippen MR) is 132 cm³/mol. The van der Waals surface area contributed by atoms with Gasteiger partial charge >= 0.3 is 0 Å². The van der Waals surface area contributed by atoms with Crippen LogP contribution in [0.3, 0.4) is 0 Å². The van der Waals surface area contributed by atoms with Gasteiger partial charge in [-0.15, -0.1) is 6.58 Å². The Hall–Kier alpha value is -0.420. The van der Waals surface area contributed by atoms with Crippen LogP contribution in [0.5, 0.6) is 0 Å². The van der Waals surface area contributed by atoms with Crippen LogP contribution in [0, 0.1) is 46.3 Å². The lowest BCUT2D eigenvalue weighted by atomic mass is 9.42. The summed E-state index contributed by atoms with van der Waals surface area (Å²) in [6.07, 6.45) is 9.56. The second-order valence-corrected chi connectivity index (χ2v) is 13.5. The Kier molecular flexibility index (Phi) is 6.69. The smallest absolute Gasteiger partial charge is 0.0985 e. The van der Waals surface area contributed by atoms with Crippen LogP contribution in [0.15, 0.2) is 12.7 Å². The summed E-state index contributed by atoms with van der Waals surface area (Å²) in [5.41, 5.74) is -1.98. The molecule has 0 bridgehead atoms. The average Bonchev–Trinajstić information content (AvgIpc) is 3.11. The number of fused-ring (bicyclic) bond motifs is 5. The lowest BCUT2D eigenvalue weighted by molar-refractivity contribution is -0.264. The summed E-state index contributed by atoms with van der Waals surface area (Å²) in [5.74, 6) is 2.84. The largest absolute Gasteiger partial charge is 0.393 e. The van der Waals surface area contributed by atoms with Crippen LogP contribution in [-0.4, -0.2) is 43.8 Å². The quantitative estimate of drug-likeness (QED) is 0.415. The molecule has 0 amide bonds. The second-order valence-electron chi connectivity index (χ2n) is 13.5. The maximum Gasteiger partial charge on any atom is 0.0985 e. The van der Waals surface area contributed by atoms with Gasteiger partial charge in [0, 0.05) is 11.8 Å². The molecule has 4 unspecified atom stereocenters. The van der Waals surface area contributed by atoms with Gasteiger partial charge in [0.2, 0.25) is 0 Å². The van der Waals surface area contributed by atoms with Crippen molar-refractivity contribution in [3.63, 3.8) is 0 Å². The first-order chi connectivity index (χ1) is 15.3. The highest BCUT2D eigenvalue weighted by molar-refractivity contribution is 5.17. The van der Waals surface area contributed by atoms with E-state index in [4.69, 9.17) is 0 Å². The van der Waals surface area contributed by atoms with Crippen LogP contribution in [-0.2, 0) is 0 Å². The minimum absolute atomic E-state index is 0.168. The van der Waals surface area contributed by atoms with E-state index in [0.29, 0.717) is 42.4 Å². The Morgan fingerprint density at radius 1 is 1.03 bits per heavy atom. The molecule has 4 rings (SSSR count). The van der Waals surface area contributed by atoms with Crippen molar-refractivity contribution in [3.05, 3.63) is 12.7 Å². The molecule has 0 radical (unpaired) electrons. The zero-order chi connectivity index (χ0) is 24.4. The molecule has 4 aliphatic rings. The summed E-state index contributed by atoms with van der Waals surface area (Å²) in [4.78, 5) is 0. The van der Waals surface area contributed by atoms with E-state index < -0.39 is 23.4 Å². The average molecular weight is 463 g/mol. The monoisotopic (exact) mass is 462 g/mol. The van der Waals surface area contributed by atoms with Crippen LogP contribution in [0.25, 0.3) is 0 Å². The number of aliphatic hydroxyl groups is 4. The van der Waals surface area contributed by atoms with Gasteiger partial charge in [0.25, 0.3) is 0 Å². The fourth-order valence-corrected chi connectivity index (χ4v) is 9.52. The lowest BCUT2D eigenvalue weighted by Crippen LogP contribution is -2.68. The van der Waals surface area contributed by atoms with Crippen LogP contribution >= 0.6 is 0 Å². The van der Waals surface area contributed by atoms with Crippen LogP contribution in [0.4, 0.5) is 0 Å². The van der Waals surface area contributed by atoms with Crippen molar-refractivity contribution in [1.29, 1.82) is 0 Å². The third-order valence-electron chi connectivity index (χ3n) is 11.9. The molecule has 0 spiro atoms. The van der Waals surface area contributed by atoms with Gasteiger partial charge in [-0.2, -0.15) is 0 Å². The maximum atomic E-state index is 11.6. The van der Waals surface area contributed by atoms with Gasteiger partial charge in [0.05, 0.1) is 23.4 Å². The van der Waals surface area contributed by atoms with E-state index in [1.54, 1.807) is 6.08 Å². The van der Waals surface area contributed by atoms with Gasteiger partial charge in [0.1, 0.15) is 0 Å². The van der Waals surface area contributed by atoms with Crippen molar-refractivity contribution in [2.24, 2.45) is 46.3 Å². The first-order valence-corrected chi connectivity index (χ1v) is 13.8. The summed E-state index contributed by atoms with van der Waals surface area (Å²) < 4.78 is 0. The molecule has 33 heavy (non-hydrogen) atoms. The molecule has 4 heteroatoms. The molecule has 0 aromatic rings. The van der Waals surface area contributed by atoms with Crippen molar-refractivity contribution < 1.29 is 20.4 Å². The van der Waals surface area contributed by atoms with Gasteiger partial charge in [-0.3, -0.25) is 0 Å². The van der Waals surface area contributed by atoms with Crippen molar-refractivity contribution in [1.82, 2.24) is 0 Å². The molecule has 0 aromatic carbocycles. The third kappa shape index (κ3) is 3.77. The predicted octanol–water partition coefficient (Wildman–Crippen LogP) is 5.08. The van der Waals surface area contributed by atoms with E-state index in [2.05, 4.69) is 41.2 Å². The van der Waals surface area contributed by atoms with Gasteiger partial charge in [-0.25, -0.2) is 0 Å². The van der Waals surface area contributed by atoms with Gasteiger partial charge in [-0.05, 0) is 98.7 Å². The Morgan fingerprint density at radius 3 is 2.36 bits per heavy atom. The van der Waals surface area contributed by atoms with E-state index in [1.807, 2.05) is 0 Å². The van der Waals surface area contributed by atoms with E-state index in [9.17, 15) is 20.4 Å². The van der Waals surface area contributed by atoms with Crippen molar-refractivity contribution in [3.8, 4) is 0 Å². The Bertz CT molecular complexity index is 737. The minimum Gasteiger partial charge on any atom is -0.393 e. The highest BCUT2D eigenvalue weighted by Gasteiger charge is 2.67. The molecular formula is C29H50O4. The molecule has 4 nitrogen and oxygen atoms in total. The summed E-state index contributed by atoms with van der Waals surface area (Å²) in [6, 6.07) is 0. The summed E-state index contributed by atoms with van der Waals surface area (Å²) in [7, 11) is 0. The van der Waals surface area contributed by atoms with E-state index in [-0.39, 0.29) is 16.7 Å². The van der Waals surface area contributed by atoms with Crippen molar-refractivity contribution in [2.75, 3.05) is 0 Å². The Morgan fingerprint density at radius 2 is 1.73 bits per heavy atom. The number of hydrogen-bond acceptors (Lipinski definition) is 4. The Balaban J connectivity index is 1.52. The van der Waals surface area contributed by atoms with E-state index in [0.717, 1.165) is 32.1 Å². The SMILES string of the molecule is C=C[C@](O)(CC[C@@H](C)C1CCC2C3C[C@H](O)[C@@]4(O)C[C@@H](O)CC[C@]4(C)C3CC[C@@]21C)C(C)C. The second kappa shape index (κ2) is 8.61. The van der Waals surface area contributed by atoms with Gasteiger partial charge in [0.15, 0.2) is 0 Å². The molecule has 4 aliphatic carbocycles. The molecule has 190 valence electrons. The van der Waals surface area contributed by atoms with Gasteiger partial charge in [-0.1, -0.05) is 40.7 Å². The number of rotatable bonds is 6. The molecule has 0 aliphatic heterocycles. The molecule has 4 N–H and O–H groups in total. The Labute approximate surface area is 201 Å². The molecular weight excluding hydrogens is 412 g/mol. The number of aliphatic hydroxyl groups excluding tert-OH is 2. The van der Waals surface area contributed by atoms with E-state index >= 15 is 0 Å². The van der Waals surface area contributed by atoms with Crippen molar-refractivity contribution in [2.45, 2.75) is 122 Å². The molecule has 0 aromatic heterocycles. The zero-order valence-corrected chi connectivity index (χ0v) is 21.8. The normalized spacial score (nSPS) is 50.1. The third-order valence-corrected chi connectivity index (χ3v) is 11.9. The van der Waals surface area contributed by atoms with Crippen molar-refractivity contribution >= 4 is 0 Å². The first kappa shape index (κ1) is 25.7. The molecule has 11 atom stereocenters. The summed E-state index contributed by atoms with van der Waals surface area (Å²) in [5, 5.41) is 44.1. The summed E-state index contributed by atoms with van der Waals surface area (Å²) >= 11 is 0. The summed E-state index contributed by atoms with van der Waals surface area (Å²) in [6.45, 7) is 15.1. The van der Waals surface area contributed by atoms with Crippen LogP contribution in [0.1, 0.15) is 98.8 Å². The fraction of sp³-hybridized carbons (Fsp3) is 0.931. The van der Waals surface area contributed by atoms with E-state index in [1.165, 1.54) is 19.3 Å². The topological polar surface area (TPSA) is 80.9 Å². The zero-order valence-electron chi connectivity index (χ0n) is 21.8. The molecule has 4 saturated carbocycles.